The van der Waals surface area contributed by atoms with Crippen LogP contribution in [0, 0.1) is 5.92 Å². The van der Waals surface area contributed by atoms with E-state index in [0.29, 0.717) is 0 Å². The second-order valence-corrected chi connectivity index (χ2v) is 5.96. The molecule has 1 aromatic carbocycles. The Hall–Kier alpha value is -2.57. The van der Waals surface area contributed by atoms with Gasteiger partial charge in [-0.15, -0.1) is 0 Å². The van der Waals surface area contributed by atoms with Crippen LogP contribution in [0.2, 0.25) is 0 Å². The number of carbonyl (C=O) groups is 3. The van der Waals surface area contributed by atoms with Gasteiger partial charge in [-0.1, -0.05) is 38.1 Å². The van der Waals surface area contributed by atoms with E-state index in [1.54, 1.807) is 13.8 Å². The molecule has 0 radical (unpaired) electrons. The van der Waals surface area contributed by atoms with Gasteiger partial charge in [0.2, 0.25) is 0 Å². The average Bonchev–Trinajstić information content (AvgIpc) is 2.50. The summed E-state index contributed by atoms with van der Waals surface area (Å²) in [6.07, 6.45) is 0.207. The van der Waals surface area contributed by atoms with Crippen molar-refractivity contribution in [3.8, 4) is 0 Å². The number of aliphatic carboxylic acids is 2. The fraction of sp³-hybridized carbons (Fsp3) is 0.438. The topological polar surface area (TPSA) is 107 Å². The zero-order valence-corrected chi connectivity index (χ0v) is 13.0. The standard InChI is InChI=1S/C16H20N2O5/c1-9(2)13(15(21)22)17-16(23)18-8-11-6-4-3-5-10(11)7-12(18)14(19)20/h3-6,9,12-13H,7-8H2,1-2H3,(H,17,23)(H,19,20)(H,21,22)/t12-,13+/m1/s1. The smallest absolute Gasteiger partial charge is 0.326 e. The molecular formula is C16H20N2O5. The van der Waals surface area contributed by atoms with Gasteiger partial charge in [0.1, 0.15) is 12.1 Å². The monoisotopic (exact) mass is 320 g/mol. The molecule has 124 valence electrons. The number of urea groups is 1. The van der Waals surface area contributed by atoms with Gasteiger partial charge < -0.3 is 20.4 Å². The largest absolute Gasteiger partial charge is 0.480 e. The number of fused-ring (bicyclic) bond motifs is 1. The molecule has 2 atom stereocenters. The maximum atomic E-state index is 12.4. The normalized spacial score (nSPS) is 18.2. The molecule has 2 rings (SSSR count). The summed E-state index contributed by atoms with van der Waals surface area (Å²) in [5, 5.41) is 21.0. The first-order valence-corrected chi connectivity index (χ1v) is 7.40. The van der Waals surface area contributed by atoms with Gasteiger partial charge in [-0.2, -0.15) is 0 Å². The Kier molecular flexibility index (Phi) is 4.88. The summed E-state index contributed by atoms with van der Waals surface area (Å²) in [6.45, 7) is 3.50. The minimum atomic E-state index is -1.14. The van der Waals surface area contributed by atoms with E-state index < -0.39 is 30.1 Å². The zero-order valence-electron chi connectivity index (χ0n) is 13.0. The summed E-state index contributed by atoms with van der Waals surface area (Å²) in [5.74, 6) is -2.56. The van der Waals surface area contributed by atoms with Gasteiger partial charge in [0.05, 0.1) is 0 Å². The molecule has 1 aliphatic heterocycles. The summed E-state index contributed by atoms with van der Waals surface area (Å²) in [6, 6.07) is 4.59. The van der Waals surface area contributed by atoms with Crippen LogP contribution in [-0.2, 0) is 22.6 Å². The zero-order chi connectivity index (χ0) is 17.1. The SMILES string of the molecule is CC(C)[C@H](NC(=O)N1Cc2ccccc2C[C@@H]1C(=O)O)C(=O)O. The number of carbonyl (C=O) groups excluding carboxylic acids is 1. The second-order valence-electron chi connectivity index (χ2n) is 5.96. The molecule has 0 aliphatic carbocycles. The van der Waals surface area contributed by atoms with Crippen molar-refractivity contribution in [3.05, 3.63) is 35.4 Å². The van der Waals surface area contributed by atoms with Crippen molar-refractivity contribution in [2.45, 2.75) is 38.9 Å². The van der Waals surface area contributed by atoms with E-state index in [2.05, 4.69) is 5.32 Å². The highest BCUT2D eigenvalue weighted by molar-refractivity contribution is 5.86. The number of hydrogen-bond donors (Lipinski definition) is 3. The third kappa shape index (κ3) is 3.61. The van der Waals surface area contributed by atoms with Crippen molar-refractivity contribution in [3.63, 3.8) is 0 Å². The third-order valence-electron chi connectivity index (χ3n) is 4.01. The first-order chi connectivity index (χ1) is 10.8. The number of nitrogens with zero attached hydrogens (tertiary/aromatic N) is 1. The maximum Gasteiger partial charge on any atom is 0.326 e. The molecule has 1 aliphatic rings. The summed E-state index contributed by atoms with van der Waals surface area (Å²) in [7, 11) is 0. The molecule has 0 aromatic heterocycles. The van der Waals surface area contributed by atoms with Crippen LogP contribution in [0.3, 0.4) is 0 Å². The van der Waals surface area contributed by atoms with Crippen LogP contribution < -0.4 is 5.32 Å². The van der Waals surface area contributed by atoms with Crippen LogP contribution in [0.4, 0.5) is 4.79 Å². The summed E-state index contributed by atoms with van der Waals surface area (Å²) < 4.78 is 0. The molecule has 0 fully saturated rings. The summed E-state index contributed by atoms with van der Waals surface area (Å²) in [5.41, 5.74) is 1.76. The number of rotatable bonds is 4. The minimum Gasteiger partial charge on any atom is -0.480 e. The summed E-state index contributed by atoms with van der Waals surface area (Å²) >= 11 is 0. The molecule has 2 amide bonds. The van der Waals surface area contributed by atoms with E-state index in [4.69, 9.17) is 0 Å². The highest BCUT2D eigenvalue weighted by atomic mass is 16.4. The van der Waals surface area contributed by atoms with Gasteiger partial charge in [-0.3, -0.25) is 0 Å². The summed E-state index contributed by atoms with van der Waals surface area (Å²) in [4.78, 5) is 36.3. The van der Waals surface area contributed by atoms with Crippen molar-refractivity contribution in [2.75, 3.05) is 0 Å². The fourth-order valence-electron chi connectivity index (χ4n) is 2.69. The molecular weight excluding hydrogens is 300 g/mol. The quantitative estimate of drug-likeness (QED) is 0.775. The lowest BCUT2D eigenvalue weighted by Crippen LogP contribution is -2.56. The molecule has 1 aromatic rings. The van der Waals surface area contributed by atoms with Crippen molar-refractivity contribution in [2.24, 2.45) is 5.92 Å². The Morgan fingerprint density at radius 2 is 1.78 bits per heavy atom. The Bertz CT molecular complexity index is 629. The van der Waals surface area contributed by atoms with Crippen molar-refractivity contribution in [1.29, 1.82) is 0 Å². The van der Waals surface area contributed by atoms with Crippen molar-refractivity contribution >= 4 is 18.0 Å². The van der Waals surface area contributed by atoms with E-state index >= 15 is 0 Å². The molecule has 0 bridgehead atoms. The van der Waals surface area contributed by atoms with Crippen molar-refractivity contribution in [1.82, 2.24) is 10.2 Å². The van der Waals surface area contributed by atoms with E-state index in [-0.39, 0.29) is 18.9 Å². The first kappa shape index (κ1) is 16.8. The Morgan fingerprint density at radius 1 is 1.17 bits per heavy atom. The minimum absolute atomic E-state index is 0.142. The van der Waals surface area contributed by atoms with Crippen LogP contribution in [0.25, 0.3) is 0 Å². The van der Waals surface area contributed by atoms with Gasteiger partial charge >= 0.3 is 18.0 Å². The lowest BCUT2D eigenvalue weighted by atomic mass is 9.94. The second kappa shape index (κ2) is 6.68. The number of carboxylic acids is 2. The average molecular weight is 320 g/mol. The molecule has 0 unspecified atom stereocenters. The highest BCUT2D eigenvalue weighted by Crippen LogP contribution is 2.23. The van der Waals surface area contributed by atoms with E-state index in [1.165, 1.54) is 4.90 Å². The molecule has 0 saturated heterocycles. The van der Waals surface area contributed by atoms with Gasteiger partial charge in [0.15, 0.2) is 0 Å². The number of benzene rings is 1. The van der Waals surface area contributed by atoms with Gasteiger partial charge in [-0.05, 0) is 17.0 Å². The number of amides is 2. The van der Waals surface area contributed by atoms with E-state index in [1.807, 2.05) is 24.3 Å². The number of nitrogens with one attached hydrogen (secondary N) is 1. The predicted octanol–water partition coefficient (Wildman–Crippen LogP) is 1.32. The third-order valence-corrected chi connectivity index (χ3v) is 4.01. The van der Waals surface area contributed by atoms with Crippen LogP contribution in [0.5, 0.6) is 0 Å². The Labute approximate surface area is 133 Å². The number of hydrogen-bond acceptors (Lipinski definition) is 3. The fourth-order valence-corrected chi connectivity index (χ4v) is 2.69. The molecule has 1 heterocycles. The highest BCUT2D eigenvalue weighted by Gasteiger charge is 2.36. The van der Waals surface area contributed by atoms with Crippen LogP contribution in [0.1, 0.15) is 25.0 Å². The van der Waals surface area contributed by atoms with Crippen LogP contribution >= 0.6 is 0 Å². The van der Waals surface area contributed by atoms with Gasteiger partial charge in [0, 0.05) is 13.0 Å². The lowest BCUT2D eigenvalue weighted by Gasteiger charge is -2.35. The van der Waals surface area contributed by atoms with E-state index in [0.717, 1.165) is 11.1 Å². The van der Waals surface area contributed by atoms with Crippen molar-refractivity contribution < 1.29 is 24.6 Å². The molecule has 0 saturated carbocycles. The van der Waals surface area contributed by atoms with Gasteiger partial charge in [0.25, 0.3) is 0 Å². The van der Waals surface area contributed by atoms with Crippen LogP contribution in [-0.4, -0.2) is 45.2 Å². The van der Waals surface area contributed by atoms with E-state index in [9.17, 15) is 24.6 Å². The maximum absolute atomic E-state index is 12.4. The predicted molar refractivity (Wildman–Crippen MR) is 81.9 cm³/mol. The lowest BCUT2D eigenvalue weighted by molar-refractivity contribution is -0.142. The molecule has 23 heavy (non-hydrogen) atoms. The molecule has 7 nitrogen and oxygen atoms in total. The Balaban J connectivity index is 2.23. The van der Waals surface area contributed by atoms with Crippen LogP contribution in [0.15, 0.2) is 24.3 Å². The molecule has 0 spiro atoms. The van der Waals surface area contributed by atoms with Gasteiger partial charge in [-0.25, -0.2) is 14.4 Å². The molecule has 3 N–H and O–H groups in total. The molecule has 7 heteroatoms. The Morgan fingerprint density at radius 3 is 2.30 bits per heavy atom. The number of carboxylic acid groups (broad SMARTS) is 2. The first-order valence-electron chi connectivity index (χ1n) is 7.40.